The molecule has 0 aliphatic rings. The molecule has 1 aromatic carbocycles. The molecule has 1 rings (SSSR count). The fourth-order valence-electron chi connectivity index (χ4n) is 2.77. The molecule has 0 aliphatic heterocycles. The topological polar surface area (TPSA) is 38.5 Å². The van der Waals surface area contributed by atoms with Crippen LogP contribution in [0.3, 0.4) is 0 Å². The van der Waals surface area contributed by atoms with Crippen LogP contribution in [-0.4, -0.2) is 31.1 Å². The average molecular weight is 276 g/mol. The third-order valence-electron chi connectivity index (χ3n) is 4.22. The van der Waals surface area contributed by atoms with Gasteiger partial charge in [0.1, 0.15) is 5.75 Å². The van der Waals surface area contributed by atoms with Gasteiger partial charge in [-0.2, -0.15) is 0 Å². The minimum absolute atomic E-state index is 0.240. The van der Waals surface area contributed by atoms with Crippen molar-refractivity contribution in [3.05, 3.63) is 42.5 Å². The lowest BCUT2D eigenvalue weighted by molar-refractivity contribution is 0.144. The van der Waals surface area contributed by atoms with Crippen LogP contribution in [0.2, 0.25) is 0 Å². The second kappa shape index (κ2) is 7.46. The summed E-state index contributed by atoms with van der Waals surface area (Å²) in [6, 6.07) is 8.29. The van der Waals surface area contributed by atoms with Gasteiger partial charge in [-0.3, -0.25) is 4.90 Å². The molecule has 0 radical (unpaired) electrons. The van der Waals surface area contributed by atoms with Gasteiger partial charge in [-0.25, -0.2) is 0 Å². The van der Waals surface area contributed by atoms with Crippen molar-refractivity contribution in [2.75, 3.05) is 20.2 Å². The van der Waals surface area contributed by atoms with Gasteiger partial charge in [0, 0.05) is 6.04 Å². The summed E-state index contributed by atoms with van der Waals surface area (Å²) in [6.07, 6.45) is 2.65. The van der Waals surface area contributed by atoms with Crippen molar-refractivity contribution in [2.45, 2.75) is 38.8 Å². The monoisotopic (exact) mass is 276 g/mol. The second-order valence-corrected chi connectivity index (χ2v) is 5.16. The van der Waals surface area contributed by atoms with Crippen LogP contribution < -0.4 is 10.5 Å². The van der Waals surface area contributed by atoms with E-state index < -0.39 is 5.54 Å². The molecule has 2 atom stereocenters. The van der Waals surface area contributed by atoms with Crippen LogP contribution in [-0.2, 0) is 5.54 Å². The van der Waals surface area contributed by atoms with Crippen LogP contribution in [0.5, 0.6) is 5.75 Å². The van der Waals surface area contributed by atoms with Crippen molar-refractivity contribution in [2.24, 2.45) is 5.73 Å². The summed E-state index contributed by atoms with van der Waals surface area (Å²) >= 11 is 0. The maximum absolute atomic E-state index is 6.76. The molecular weight excluding hydrogens is 248 g/mol. The summed E-state index contributed by atoms with van der Waals surface area (Å²) in [6.45, 7) is 12.4. The van der Waals surface area contributed by atoms with Crippen LogP contribution in [0.4, 0.5) is 0 Å². The number of hydrogen-bond donors (Lipinski definition) is 1. The minimum Gasteiger partial charge on any atom is -0.497 e. The zero-order valence-electron chi connectivity index (χ0n) is 13.2. The number of hydrogen-bond acceptors (Lipinski definition) is 3. The predicted molar refractivity (Wildman–Crippen MR) is 86.1 cm³/mol. The summed E-state index contributed by atoms with van der Waals surface area (Å²) in [5.74, 6) is 0.852. The summed E-state index contributed by atoms with van der Waals surface area (Å²) < 4.78 is 5.22. The molecule has 0 bridgehead atoms. The van der Waals surface area contributed by atoms with Gasteiger partial charge in [-0.05, 0) is 44.1 Å². The smallest absolute Gasteiger partial charge is 0.118 e. The van der Waals surface area contributed by atoms with Gasteiger partial charge in [0.2, 0.25) is 0 Å². The summed E-state index contributed by atoms with van der Waals surface area (Å²) in [7, 11) is 1.67. The molecule has 3 heteroatoms. The first-order valence-corrected chi connectivity index (χ1v) is 7.31. The standard InChI is InChI=1S/C17H28N2O/c1-6-13-17(18,14(4)19(7-2)8-3)15-9-11-16(20-5)12-10-15/h6,9-12,14H,1,7-8,13,18H2,2-5H3. The second-order valence-electron chi connectivity index (χ2n) is 5.16. The van der Waals surface area contributed by atoms with Crippen molar-refractivity contribution in [3.8, 4) is 5.75 Å². The first-order chi connectivity index (χ1) is 9.53. The highest BCUT2D eigenvalue weighted by molar-refractivity contribution is 5.33. The number of likely N-dealkylation sites (N-methyl/N-ethyl adjacent to an activating group) is 1. The highest BCUT2D eigenvalue weighted by atomic mass is 16.5. The van der Waals surface area contributed by atoms with E-state index in [4.69, 9.17) is 10.5 Å². The molecule has 0 saturated heterocycles. The van der Waals surface area contributed by atoms with Gasteiger partial charge in [0.05, 0.1) is 12.6 Å². The van der Waals surface area contributed by atoms with Gasteiger partial charge >= 0.3 is 0 Å². The van der Waals surface area contributed by atoms with E-state index in [1.54, 1.807) is 7.11 Å². The Balaban J connectivity index is 3.14. The quantitative estimate of drug-likeness (QED) is 0.741. The van der Waals surface area contributed by atoms with Crippen LogP contribution in [0.1, 0.15) is 32.8 Å². The average Bonchev–Trinajstić information content (AvgIpc) is 2.48. The number of methoxy groups -OCH3 is 1. The zero-order chi connectivity index (χ0) is 15.2. The Hall–Kier alpha value is -1.32. The highest BCUT2D eigenvalue weighted by Gasteiger charge is 2.35. The van der Waals surface area contributed by atoms with Gasteiger partial charge in [0.25, 0.3) is 0 Å². The molecule has 0 aliphatic carbocycles. The van der Waals surface area contributed by atoms with Gasteiger partial charge in [-0.1, -0.05) is 32.1 Å². The lowest BCUT2D eigenvalue weighted by Gasteiger charge is -2.41. The van der Waals surface area contributed by atoms with E-state index in [9.17, 15) is 0 Å². The van der Waals surface area contributed by atoms with Crippen molar-refractivity contribution < 1.29 is 4.74 Å². The number of ether oxygens (including phenoxy) is 1. The third kappa shape index (κ3) is 3.41. The maximum atomic E-state index is 6.76. The van der Waals surface area contributed by atoms with E-state index in [2.05, 4.69) is 44.4 Å². The minimum atomic E-state index is -0.431. The largest absolute Gasteiger partial charge is 0.497 e. The Labute approximate surface area is 123 Å². The Morgan fingerprint density at radius 1 is 1.30 bits per heavy atom. The normalized spacial score (nSPS) is 15.7. The van der Waals surface area contributed by atoms with E-state index in [1.165, 1.54) is 0 Å². The molecule has 1 aromatic rings. The third-order valence-corrected chi connectivity index (χ3v) is 4.22. The molecular formula is C17H28N2O. The maximum Gasteiger partial charge on any atom is 0.118 e. The number of rotatable bonds is 8. The molecule has 0 aromatic heterocycles. The lowest BCUT2D eigenvalue weighted by Crippen LogP contribution is -2.54. The molecule has 2 N–H and O–H groups in total. The van der Waals surface area contributed by atoms with Gasteiger partial charge in [0.15, 0.2) is 0 Å². The Morgan fingerprint density at radius 3 is 2.25 bits per heavy atom. The van der Waals surface area contributed by atoms with E-state index in [0.717, 1.165) is 30.8 Å². The number of nitrogens with two attached hydrogens (primary N) is 1. The van der Waals surface area contributed by atoms with E-state index in [0.29, 0.717) is 0 Å². The first kappa shape index (κ1) is 16.7. The summed E-state index contributed by atoms with van der Waals surface area (Å²) in [5, 5.41) is 0. The Kier molecular flexibility index (Phi) is 6.24. The van der Waals surface area contributed by atoms with Crippen LogP contribution in [0.25, 0.3) is 0 Å². The van der Waals surface area contributed by atoms with Gasteiger partial charge in [-0.15, -0.1) is 6.58 Å². The van der Waals surface area contributed by atoms with Crippen LogP contribution in [0, 0.1) is 0 Å². The molecule has 0 amide bonds. The molecule has 0 fully saturated rings. The van der Waals surface area contributed by atoms with Crippen LogP contribution in [0.15, 0.2) is 36.9 Å². The van der Waals surface area contributed by atoms with Crippen molar-refractivity contribution in [1.82, 2.24) is 4.90 Å². The SMILES string of the molecule is C=CCC(N)(c1ccc(OC)cc1)C(C)N(CC)CC. The molecule has 3 nitrogen and oxygen atoms in total. The molecule has 2 unspecified atom stereocenters. The van der Waals surface area contributed by atoms with E-state index >= 15 is 0 Å². The lowest BCUT2D eigenvalue weighted by atomic mass is 9.80. The molecule has 0 heterocycles. The van der Waals surface area contributed by atoms with Crippen molar-refractivity contribution in [1.29, 1.82) is 0 Å². The van der Waals surface area contributed by atoms with Gasteiger partial charge < -0.3 is 10.5 Å². The predicted octanol–water partition coefficient (Wildman–Crippen LogP) is 3.16. The highest BCUT2D eigenvalue weighted by Crippen LogP contribution is 2.31. The van der Waals surface area contributed by atoms with E-state index in [-0.39, 0.29) is 6.04 Å². The number of nitrogens with zero attached hydrogens (tertiary/aromatic N) is 1. The van der Waals surface area contributed by atoms with Crippen molar-refractivity contribution >= 4 is 0 Å². The van der Waals surface area contributed by atoms with Crippen LogP contribution >= 0.6 is 0 Å². The fourth-order valence-corrected chi connectivity index (χ4v) is 2.77. The Morgan fingerprint density at radius 2 is 1.85 bits per heavy atom. The van der Waals surface area contributed by atoms with E-state index in [1.807, 2.05) is 18.2 Å². The molecule has 0 saturated carbocycles. The summed E-state index contributed by atoms with van der Waals surface area (Å²) in [4.78, 5) is 2.38. The number of benzene rings is 1. The Bertz CT molecular complexity index is 412. The van der Waals surface area contributed by atoms with Crippen molar-refractivity contribution in [3.63, 3.8) is 0 Å². The molecule has 112 valence electrons. The summed E-state index contributed by atoms with van der Waals surface area (Å²) in [5.41, 5.74) is 7.46. The zero-order valence-corrected chi connectivity index (χ0v) is 13.2. The molecule has 0 spiro atoms. The first-order valence-electron chi connectivity index (χ1n) is 7.31. The molecule has 20 heavy (non-hydrogen) atoms. The fraction of sp³-hybridized carbons (Fsp3) is 0.529.